The maximum atomic E-state index is 5.49. The molecule has 0 bridgehead atoms. The number of aryl methyl sites for hydroxylation is 1. The minimum absolute atomic E-state index is 0.706. The zero-order chi connectivity index (χ0) is 10.9. The van der Waals surface area contributed by atoms with Crippen molar-refractivity contribution in [1.29, 1.82) is 0 Å². The Hall–Kier alpha value is -1.03. The van der Waals surface area contributed by atoms with Gasteiger partial charge in [0.25, 0.3) is 0 Å². The molecule has 0 unspecified atom stereocenters. The smallest absolute Gasteiger partial charge is 0.157 e. The molecule has 0 amide bonds. The van der Waals surface area contributed by atoms with E-state index in [1.807, 2.05) is 13.2 Å². The van der Waals surface area contributed by atoms with Crippen LogP contribution in [0.3, 0.4) is 0 Å². The van der Waals surface area contributed by atoms with E-state index >= 15 is 0 Å². The summed E-state index contributed by atoms with van der Waals surface area (Å²) >= 11 is 0. The van der Waals surface area contributed by atoms with Crippen molar-refractivity contribution in [1.82, 2.24) is 15.1 Å². The summed E-state index contributed by atoms with van der Waals surface area (Å²) in [6, 6.07) is 0. The van der Waals surface area contributed by atoms with Gasteiger partial charge < -0.3 is 10.1 Å². The fourth-order valence-electron chi connectivity index (χ4n) is 1.34. The van der Waals surface area contributed by atoms with Gasteiger partial charge in [0.05, 0.1) is 12.4 Å². The molecule has 1 aromatic rings. The molecule has 0 aromatic carbocycles. The summed E-state index contributed by atoms with van der Waals surface area (Å²) < 4.78 is 7.23. The Balaban J connectivity index is 1.93. The lowest BCUT2D eigenvalue weighted by atomic mass is 10.2. The van der Waals surface area contributed by atoms with Crippen molar-refractivity contribution >= 4 is 0 Å². The fraction of sp³-hybridized carbons (Fsp3) is 0.727. The summed E-state index contributed by atoms with van der Waals surface area (Å²) in [6.45, 7) is 4.91. The molecular weight excluding hydrogens is 190 g/mol. The van der Waals surface area contributed by atoms with Gasteiger partial charge >= 0.3 is 0 Å². The number of unbranched alkanes of at least 4 members (excludes halogenated alkanes) is 2. The highest BCUT2D eigenvalue weighted by atomic mass is 16.5. The van der Waals surface area contributed by atoms with Gasteiger partial charge in [0.1, 0.15) is 6.61 Å². The Labute approximate surface area is 91.6 Å². The SMILES string of the molecule is CCCCCNCCOc1cnn(C)c1. The second-order valence-corrected chi connectivity index (χ2v) is 3.66. The highest BCUT2D eigenvalue weighted by molar-refractivity contribution is 5.11. The van der Waals surface area contributed by atoms with E-state index in [1.165, 1.54) is 19.3 Å². The third-order valence-electron chi connectivity index (χ3n) is 2.19. The minimum atomic E-state index is 0.706. The third-order valence-corrected chi connectivity index (χ3v) is 2.19. The van der Waals surface area contributed by atoms with Gasteiger partial charge in [-0.05, 0) is 13.0 Å². The van der Waals surface area contributed by atoms with Gasteiger partial charge in [-0.15, -0.1) is 0 Å². The molecule has 0 aliphatic rings. The van der Waals surface area contributed by atoms with E-state index in [-0.39, 0.29) is 0 Å². The minimum Gasteiger partial charge on any atom is -0.489 e. The molecule has 0 aliphatic heterocycles. The van der Waals surface area contributed by atoms with Crippen LogP contribution in [0, 0.1) is 0 Å². The van der Waals surface area contributed by atoms with Gasteiger partial charge in [-0.25, -0.2) is 0 Å². The van der Waals surface area contributed by atoms with Crippen molar-refractivity contribution < 1.29 is 4.74 Å². The van der Waals surface area contributed by atoms with Crippen LogP contribution in [0.4, 0.5) is 0 Å². The van der Waals surface area contributed by atoms with Crippen LogP contribution in [0.5, 0.6) is 5.75 Å². The second kappa shape index (κ2) is 7.29. The summed E-state index contributed by atoms with van der Waals surface area (Å²) in [7, 11) is 1.88. The Morgan fingerprint density at radius 2 is 2.27 bits per heavy atom. The quantitative estimate of drug-likeness (QED) is 0.664. The van der Waals surface area contributed by atoms with Crippen molar-refractivity contribution in [3.63, 3.8) is 0 Å². The number of nitrogens with zero attached hydrogens (tertiary/aromatic N) is 2. The average molecular weight is 211 g/mol. The van der Waals surface area contributed by atoms with E-state index in [0.717, 1.165) is 18.8 Å². The van der Waals surface area contributed by atoms with Crippen molar-refractivity contribution in [3.05, 3.63) is 12.4 Å². The summed E-state index contributed by atoms with van der Waals surface area (Å²) in [5, 5.41) is 7.37. The summed E-state index contributed by atoms with van der Waals surface area (Å²) in [4.78, 5) is 0. The predicted molar refractivity (Wildman–Crippen MR) is 61.1 cm³/mol. The number of aromatic nitrogens is 2. The van der Waals surface area contributed by atoms with Crippen LogP contribution in [-0.4, -0.2) is 29.5 Å². The van der Waals surface area contributed by atoms with Crippen LogP contribution in [0.2, 0.25) is 0 Å². The molecule has 1 N–H and O–H groups in total. The zero-order valence-corrected chi connectivity index (χ0v) is 9.70. The van der Waals surface area contributed by atoms with Gasteiger partial charge in [-0.3, -0.25) is 4.68 Å². The van der Waals surface area contributed by atoms with Crippen molar-refractivity contribution in [3.8, 4) is 5.75 Å². The van der Waals surface area contributed by atoms with Crippen LogP contribution in [0.1, 0.15) is 26.2 Å². The van der Waals surface area contributed by atoms with E-state index < -0.39 is 0 Å². The molecule has 0 fully saturated rings. The largest absolute Gasteiger partial charge is 0.489 e. The number of hydrogen-bond donors (Lipinski definition) is 1. The van der Waals surface area contributed by atoms with Gasteiger partial charge in [0.15, 0.2) is 5.75 Å². The molecule has 4 nitrogen and oxygen atoms in total. The normalized spacial score (nSPS) is 10.5. The van der Waals surface area contributed by atoms with Crippen molar-refractivity contribution in [2.45, 2.75) is 26.2 Å². The fourth-order valence-corrected chi connectivity index (χ4v) is 1.34. The molecule has 0 spiro atoms. The van der Waals surface area contributed by atoms with Gasteiger partial charge in [-0.2, -0.15) is 5.10 Å². The monoisotopic (exact) mass is 211 g/mol. The molecule has 0 saturated heterocycles. The molecule has 86 valence electrons. The van der Waals surface area contributed by atoms with Gasteiger partial charge in [-0.1, -0.05) is 19.8 Å². The van der Waals surface area contributed by atoms with E-state index in [9.17, 15) is 0 Å². The Morgan fingerprint density at radius 1 is 1.40 bits per heavy atom. The zero-order valence-electron chi connectivity index (χ0n) is 9.70. The summed E-state index contributed by atoms with van der Waals surface area (Å²) in [5.41, 5.74) is 0. The topological polar surface area (TPSA) is 39.1 Å². The van der Waals surface area contributed by atoms with Crippen LogP contribution in [-0.2, 0) is 7.05 Å². The molecule has 0 aliphatic carbocycles. The summed E-state index contributed by atoms with van der Waals surface area (Å²) in [5.74, 6) is 0.841. The standard InChI is InChI=1S/C11H21N3O/c1-3-4-5-6-12-7-8-15-11-9-13-14(2)10-11/h9-10,12H,3-8H2,1-2H3. The van der Waals surface area contributed by atoms with Crippen LogP contribution >= 0.6 is 0 Å². The van der Waals surface area contributed by atoms with E-state index in [4.69, 9.17) is 4.74 Å². The van der Waals surface area contributed by atoms with E-state index in [0.29, 0.717) is 6.61 Å². The molecule has 0 radical (unpaired) electrons. The van der Waals surface area contributed by atoms with Gasteiger partial charge in [0, 0.05) is 13.6 Å². The number of hydrogen-bond acceptors (Lipinski definition) is 3. The maximum Gasteiger partial charge on any atom is 0.157 e. The lowest BCUT2D eigenvalue weighted by Gasteiger charge is -2.04. The molecule has 15 heavy (non-hydrogen) atoms. The van der Waals surface area contributed by atoms with E-state index in [1.54, 1.807) is 10.9 Å². The van der Waals surface area contributed by atoms with Crippen molar-refractivity contribution in [2.75, 3.05) is 19.7 Å². The Bertz CT molecular complexity index is 260. The highest BCUT2D eigenvalue weighted by Gasteiger charge is 1.95. The Kier molecular flexibility index (Phi) is 5.85. The first kappa shape index (κ1) is 12.0. The van der Waals surface area contributed by atoms with Crippen LogP contribution < -0.4 is 10.1 Å². The number of nitrogens with one attached hydrogen (secondary N) is 1. The van der Waals surface area contributed by atoms with E-state index in [2.05, 4.69) is 17.3 Å². The summed E-state index contributed by atoms with van der Waals surface area (Å²) in [6.07, 6.45) is 7.43. The lowest BCUT2D eigenvalue weighted by Crippen LogP contribution is -2.21. The second-order valence-electron chi connectivity index (χ2n) is 3.66. The molecule has 4 heteroatoms. The molecule has 1 rings (SSSR count). The van der Waals surface area contributed by atoms with Crippen LogP contribution in [0.25, 0.3) is 0 Å². The first-order valence-electron chi connectivity index (χ1n) is 5.65. The van der Waals surface area contributed by atoms with Gasteiger partial charge in [0.2, 0.25) is 0 Å². The first-order chi connectivity index (χ1) is 7.33. The first-order valence-corrected chi connectivity index (χ1v) is 5.65. The molecular formula is C11H21N3O. The lowest BCUT2D eigenvalue weighted by molar-refractivity contribution is 0.313. The maximum absolute atomic E-state index is 5.49. The third kappa shape index (κ3) is 5.42. The molecule has 1 aromatic heterocycles. The predicted octanol–water partition coefficient (Wildman–Crippen LogP) is 1.58. The highest BCUT2D eigenvalue weighted by Crippen LogP contribution is 2.05. The van der Waals surface area contributed by atoms with Crippen LogP contribution in [0.15, 0.2) is 12.4 Å². The molecule has 0 saturated carbocycles. The average Bonchev–Trinajstić information content (AvgIpc) is 2.63. The molecule has 0 atom stereocenters. The number of rotatable bonds is 8. The molecule has 1 heterocycles. The van der Waals surface area contributed by atoms with Crippen molar-refractivity contribution in [2.24, 2.45) is 7.05 Å². The number of ether oxygens (including phenoxy) is 1. The Morgan fingerprint density at radius 3 is 2.93 bits per heavy atom.